The Labute approximate surface area is 770 Å². The maximum absolute atomic E-state index is 15.5. The van der Waals surface area contributed by atoms with Crippen LogP contribution in [-0.2, 0) is 0 Å². The molecule has 134 heavy (non-hydrogen) atoms. The number of aromatic nitrogens is 3. The molecular weight excluding hydrogens is 1660 g/mol. The number of hydrogen-bond donors (Lipinski definition) is 0. The minimum Gasteiger partial charge on any atom is -0.310 e. The zero-order valence-corrected chi connectivity index (χ0v) is 72.1. The average molecular weight is 1740 g/mol. The molecule has 0 saturated heterocycles. The Morgan fingerprint density at radius 3 is 0.731 bits per heavy atom. The Morgan fingerprint density at radius 2 is 0.403 bits per heavy atom. The molecule has 0 saturated carbocycles. The van der Waals surface area contributed by atoms with E-state index in [1.54, 1.807) is 42.7 Å². The summed E-state index contributed by atoms with van der Waals surface area (Å²) in [4.78, 5) is 26.1. The van der Waals surface area contributed by atoms with Crippen molar-refractivity contribution >= 4 is 210 Å². The van der Waals surface area contributed by atoms with E-state index in [0.29, 0.717) is 11.4 Å². The zero-order chi connectivity index (χ0) is 89.7. The molecule has 0 radical (unpaired) electrons. The smallest absolute Gasteiger partial charge is 0.174 e. The summed E-state index contributed by atoms with van der Waals surface area (Å²) < 4.78 is 61.7. The first-order chi connectivity index (χ1) is 66.2. The maximum atomic E-state index is 15.5. The lowest BCUT2D eigenvalue weighted by Gasteiger charge is -2.29. The van der Waals surface area contributed by atoms with Crippen LogP contribution in [0.5, 0.6) is 0 Å². The van der Waals surface area contributed by atoms with Crippen LogP contribution in [0.3, 0.4) is 0 Å². The third-order valence-corrected chi connectivity index (χ3v) is 25.3. The van der Waals surface area contributed by atoms with E-state index >= 15 is 17.6 Å². The summed E-state index contributed by atoms with van der Waals surface area (Å²) in [7, 11) is 0. The lowest BCUT2D eigenvalue weighted by Crippen LogP contribution is -2.14. The molecule has 0 unspecified atom stereocenters. The summed E-state index contributed by atoms with van der Waals surface area (Å²) in [6.07, 6.45) is 5.09. The highest BCUT2D eigenvalue weighted by Crippen LogP contribution is 2.53. The van der Waals surface area contributed by atoms with Crippen LogP contribution in [-0.4, -0.2) is 15.0 Å². The molecular formula is C121H79F4N9. The molecule has 3 heterocycles. The normalized spacial score (nSPS) is 11.4. The molecule has 3 aromatic heterocycles. The largest absolute Gasteiger partial charge is 0.310 e. The van der Waals surface area contributed by atoms with Crippen LogP contribution in [0.4, 0.5) is 120 Å². The minimum absolute atomic E-state index is 0.226. The fourth-order valence-corrected chi connectivity index (χ4v) is 19.5. The van der Waals surface area contributed by atoms with Crippen molar-refractivity contribution in [2.24, 2.45) is 0 Å². The predicted molar refractivity (Wildman–Crippen MR) is 549 cm³/mol. The Morgan fingerprint density at radius 1 is 0.149 bits per heavy atom. The molecule has 0 atom stereocenters. The Hall–Kier alpha value is -17.8. The Balaban J connectivity index is 0.000000114. The number of fused-ring (bicyclic) bond motifs is 1. The molecule has 9 nitrogen and oxygen atoms in total. The van der Waals surface area contributed by atoms with Gasteiger partial charge in [0.2, 0.25) is 0 Å². The third kappa shape index (κ3) is 14.5. The lowest BCUT2D eigenvalue weighted by atomic mass is 9.91. The van der Waals surface area contributed by atoms with Crippen molar-refractivity contribution in [3.63, 3.8) is 0 Å². The van der Waals surface area contributed by atoms with E-state index in [1.165, 1.54) is 45.8 Å². The molecule has 0 aliphatic rings. The highest BCUT2D eigenvalue weighted by Gasteiger charge is 2.30. The molecule has 25 aromatic rings. The standard InChI is InChI=1S/C43H28FN3.C39H25F2N3.C39H26FN3/c44-37-14-6-7-15-40(37)46(33-12-2-1-3-13-33)38-25-20-30-19-24-36-39(26-21-31-18-23-35(38)42(30)43(31)36)47(41-16-8-9-27-45-41)34-22-17-29-10-4-5-11-32(29)28-34;40-32-14-7-8-16-36(32)43(28-10-3-1-4-11-28)34-23-19-26-18-22-31-35(24-20-27-17-21-30(34)37(26)38(27)31)44(29-12-5-2-6-13-29)39-33(41)15-9-25-42-39;40-34-17-10-26-41-39(34)43(31-15-8-3-9-16-31)36-25-21-28-18-22-32-35(24-20-27-19-23-33(36)38(28)37(27)32)42(29-11-4-1-5-12-29)30-13-6-2-7-14-30/h1-28H;1-25H;1-26H. The van der Waals surface area contributed by atoms with Crippen molar-refractivity contribution < 1.29 is 17.6 Å². The molecule has 25 rings (SSSR count). The second kappa shape index (κ2) is 34.7. The molecule has 13 heteroatoms. The molecule has 0 fully saturated rings. The number of hydrogen-bond acceptors (Lipinski definition) is 9. The SMILES string of the molecule is Fc1ccccc1N(c1ccccc1)c1ccc2ccc3c(N(c4ccc5ccccc5c4)c4ccccn4)ccc4ccc1c2c43.Fc1ccccc1N(c1ccccc1)c1ccc2ccc3c(N(c4ccccc4)c4ncccc4F)ccc4ccc1c2c43.Fc1cccnc1N(c1ccccc1)c1ccc2ccc3c(N(c4ccccc4)c4ccccc4)ccc4ccc1c2c43. The fourth-order valence-electron chi connectivity index (χ4n) is 19.5. The molecule has 0 amide bonds. The molecule has 0 spiro atoms. The van der Waals surface area contributed by atoms with Gasteiger partial charge in [0, 0.05) is 90.7 Å². The predicted octanol–water partition coefficient (Wildman–Crippen LogP) is 34.5. The summed E-state index contributed by atoms with van der Waals surface area (Å²) in [5.41, 5.74) is 13.2. The number of rotatable bonds is 18. The molecule has 0 aliphatic carbocycles. The third-order valence-electron chi connectivity index (χ3n) is 25.3. The minimum atomic E-state index is -0.410. The molecule has 0 bridgehead atoms. The van der Waals surface area contributed by atoms with E-state index in [2.05, 4.69) is 256 Å². The van der Waals surface area contributed by atoms with Crippen LogP contribution in [0.2, 0.25) is 0 Å². The average Bonchev–Trinajstić information content (AvgIpc) is 0.726. The van der Waals surface area contributed by atoms with Gasteiger partial charge < -0.3 is 14.7 Å². The first kappa shape index (κ1) is 80.7. The zero-order valence-electron chi connectivity index (χ0n) is 72.1. The van der Waals surface area contributed by atoms with E-state index < -0.39 is 5.82 Å². The van der Waals surface area contributed by atoms with Crippen LogP contribution in [0.15, 0.2) is 480 Å². The van der Waals surface area contributed by atoms with Crippen molar-refractivity contribution in [1.82, 2.24) is 15.0 Å². The van der Waals surface area contributed by atoms with Gasteiger partial charge >= 0.3 is 0 Å². The first-order valence-electron chi connectivity index (χ1n) is 44.5. The number of halogens is 4. The van der Waals surface area contributed by atoms with Gasteiger partial charge in [-0.05, 0) is 257 Å². The number of anilines is 18. The number of benzene rings is 22. The van der Waals surface area contributed by atoms with Crippen LogP contribution < -0.4 is 29.4 Å². The summed E-state index contributed by atoms with van der Waals surface area (Å²) in [5.74, 6) is -0.0272. The van der Waals surface area contributed by atoms with E-state index in [1.807, 2.05) is 196 Å². The summed E-state index contributed by atoms with van der Waals surface area (Å²) >= 11 is 0. The number of pyridine rings is 3. The fraction of sp³-hybridized carbons (Fsp3) is 0. The van der Waals surface area contributed by atoms with Crippen LogP contribution in [0.25, 0.3) is 108 Å². The van der Waals surface area contributed by atoms with Gasteiger partial charge in [0.25, 0.3) is 0 Å². The van der Waals surface area contributed by atoms with Crippen molar-refractivity contribution in [2.45, 2.75) is 0 Å². The lowest BCUT2D eigenvalue weighted by molar-refractivity contribution is 0.622. The monoisotopic (exact) mass is 1730 g/mol. The summed E-state index contributed by atoms with van der Waals surface area (Å²) in [6, 6.07) is 153. The molecule has 0 aliphatic heterocycles. The Kier molecular flexibility index (Phi) is 20.9. The van der Waals surface area contributed by atoms with Gasteiger partial charge in [0.05, 0.1) is 45.5 Å². The summed E-state index contributed by atoms with van der Waals surface area (Å²) in [5, 5.41) is 22.1. The molecule has 636 valence electrons. The highest BCUT2D eigenvalue weighted by molar-refractivity contribution is 6.31. The van der Waals surface area contributed by atoms with Crippen LogP contribution in [0.1, 0.15) is 0 Å². The van der Waals surface area contributed by atoms with Crippen molar-refractivity contribution in [2.75, 3.05) is 29.4 Å². The van der Waals surface area contributed by atoms with Gasteiger partial charge in [-0.3, -0.25) is 14.7 Å². The van der Waals surface area contributed by atoms with Crippen molar-refractivity contribution in [3.8, 4) is 0 Å². The van der Waals surface area contributed by atoms with Gasteiger partial charge in [-0.15, -0.1) is 0 Å². The van der Waals surface area contributed by atoms with Gasteiger partial charge in [0.1, 0.15) is 17.5 Å². The van der Waals surface area contributed by atoms with Gasteiger partial charge in [-0.25, -0.2) is 32.5 Å². The van der Waals surface area contributed by atoms with Crippen LogP contribution in [0, 0.1) is 23.3 Å². The molecule has 0 N–H and O–H groups in total. The Bertz CT molecular complexity index is 8410. The van der Waals surface area contributed by atoms with Crippen molar-refractivity contribution in [3.05, 3.63) is 503 Å². The topological polar surface area (TPSA) is 58.1 Å². The second-order valence-corrected chi connectivity index (χ2v) is 33.0. The van der Waals surface area contributed by atoms with Gasteiger partial charge in [0.15, 0.2) is 23.3 Å². The van der Waals surface area contributed by atoms with E-state index in [4.69, 9.17) is 4.98 Å². The quantitative estimate of drug-likeness (QED) is 0.0618. The van der Waals surface area contributed by atoms with Crippen LogP contribution >= 0.6 is 0 Å². The second-order valence-electron chi connectivity index (χ2n) is 33.0. The summed E-state index contributed by atoms with van der Waals surface area (Å²) in [6.45, 7) is 0. The van der Waals surface area contributed by atoms with Crippen molar-refractivity contribution in [1.29, 1.82) is 0 Å². The van der Waals surface area contributed by atoms with Gasteiger partial charge in [-0.1, -0.05) is 279 Å². The highest BCUT2D eigenvalue weighted by atomic mass is 19.1. The molecule has 22 aromatic carbocycles. The van der Waals surface area contributed by atoms with E-state index in [0.717, 1.165) is 166 Å². The first-order valence-corrected chi connectivity index (χ1v) is 44.5. The number of nitrogens with zero attached hydrogens (tertiary/aromatic N) is 9. The number of para-hydroxylation sites is 8. The maximum Gasteiger partial charge on any atom is 0.174 e. The van der Waals surface area contributed by atoms with E-state index in [9.17, 15) is 0 Å². The van der Waals surface area contributed by atoms with E-state index in [-0.39, 0.29) is 29.1 Å². The van der Waals surface area contributed by atoms with Gasteiger partial charge in [-0.2, -0.15) is 0 Å².